The van der Waals surface area contributed by atoms with Crippen LogP contribution in [0.2, 0.25) is 0 Å². The summed E-state index contributed by atoms with van der Waals surface area (Å²) in [6.07, 6.45) is 5.81. The highest BCUT2D eigenvalue weighted by molar-refractivity contribution is 7.99. The van der Waals surface area contributed by atoms with E-state index in [1.807, 2.05) is 59.2 Å². The zero-order valence-electron chi connectivity index (χ0n) is 17.1. The van der Waals surface area contributed by atoms with Crippen molar-refractivity contribution in [3.63, 3.8) is 0 Å². The number of para-hydroxylation sites is 2. The lowest BCUT2D eigenvalue weighted by Crippen LogP contribution is -2.37. The summed E-state index contributed by atoms with van der Waals surface area (Å²) in [6.45, 7) is 0. The number of amides is 1. The number of benzene rings is 2. The van der Waals surface area contributed by atoms with E-state index < -0.39 is 0 Å². The molecule has 0 aliphatic heterocycles. The number of hydrogen-bond acceptors (Lipinski definition) is 5. The van der Waals surface area contributed by atoms with Gasteiger partial charge in [-0.3, -0.25) is 9.36 Å². The Kier molecular flexibility index (Phi) is 6.69. The van der Waals surface area contributed by atoms with Crippen LogP contribution in [0, 0.1) is 0 Å². The van der Waals surface area contributed by atoms with Crippen LogP contribution in [0.5, 0.6) is 5.75 Å². The molecule has 6 nitrogen and oxygen atoms in total. The summed E-state index contributed by atoms with van der Waals surface area (Å²) in [5.41, 5.74) is 1.80. The van der Waals surface area contributed by atoms with E-state index in [-0.39, 0.29) is 5.91 Å². The number of hydrogen-bond donors (Lipinski definition) is 1. The van der Waals surface area contributed by atoms with E-state index in [9.17, 15) is 4.79 Å². The van der Waals surface area contributed by atoms with Crippen LogP contribution in [0.15, 0.2) is 59.8 Å². The van der Waals surface area contributed by atoms with E-state index in [1.54, 1.807) is 7.11 Å². The van der Waals surface area contributed by atoms with Gasteiger partial charge in [-0.1, -0.05) is 73.5 Å². The molecule has 30 heavy (non-hydrogen) atoms. The molecule has 1 aromatic heterocycles. The van der Waals surface area contributed by atoms with Crippen molar-refractivity contribution in [1.82, 2.24) is 20.1 Å². The SMILES string of the molecule is COc1ccccc1-n1c(SCC(=O)NC2CCCCC2)nnc1-c1ccccc1. The lowest BCUT2D eigenvalue weighted by Gasteiger charge is -2.22. The fraction of sp³-hybridized carbons (Fsp3) is 0.348. The summed E-state index contributed by atoms with van der Waals surface area (Å²) in [4.78, 5) is 12.5. The fourth-order valence-electron chi connectivity index (χ4n) is 3.82. The minimum Gasteiger partial charge on any atom is -0.495 e. The first-order chi connectivity index (χ1) is 14.8. The molecule has 1 aliphatic carbocycles. The molecule has 0 bridgehead atoms. The van der Waals surface area contributed by atoms with Crippen LogP contribution < -0.4 is 10.1 Å². The second kappa shape index (κ2) is 9.80. The molecule has 1 heterocycles. The molecular formula is C23H26N4O2S. The molecule has 0 saturated heterocycles. The van der Waals surface area contributed by atoms with Gasteiger partial charge in [-0.25, -0.2) is 0 Å². The molecule has 3 aromatic rings. The summed E-state index contributed by atoms with van der Waals surface area (Å²) in [6, 6.07) is 18.0. The van der Waals surface area contributed by atoms with Crippen molar-refractivity contribution >= 4 is 17.7 Å². The van der Waals surface area contributed by atoms with E-state index in [2.05, 4.69) is 15.5 Å². The third-order valence-corrected chi connectivity index (χ3v) is 6.22. The molecule has 0 unspecified atom stereocenters. The predicted molar refractivity (Wildman–Crippen MR) is 119 cm³/mol. The van der Waals surface area contributed by atoms with Crippen LogP contribution in [0.3, 0.4) is 0 Å². The maximum absolute atomic E-state index is 12.5. The first-order valence-corrected chi connectivity index (χ1v) is 11.3. The second-order valence-corrected chi connectivity index (χ2v) is 8.31. The van der Waals surface area contributed by atoms with Gasteiger partial charge in [0.15, 0.2) is 11.0 Å². The highest BCUT2D eigenvalue weighted by atomic mass is 32.2. The second-order valence-electron chi connectivity index (χ2n) is 7.37. The van der Waals surface area contributed by atoms with Gasteiger partial charge in [-0.05, 0) is 25.0 Å². The summed E-state index contributed by atoms with van der Waals surface area (Å²) >= 11 is 1.40. The van der Waals surface area contributed by atoms with Gasteiger partial charge in [-0.2, -0.15) is 0 Å². The quantitative estimate of drug-likeness (QED) is 0.569. The number of thioether (sulfide) groups is 1. The van der Waals surface area contributed by atoms with Crippen molar-refractivity contribution < 1.29 is 9.53 Å². The Morgan fingerprint density at radius 1 is 1.07 bits per heavy atom. The van der Waals surface area contributed by atoms with Crippen molar-refractivity contribution in [2.75, 3.05) is 12.9 Å². The molecule has 2 aromatic carbocycles. The van der Waals surface area contributed by atoms with Gasteiger partial charge in [0, 0.05) is 11.6 Å². The number of carbonyl (C=O) groups excluding carboxylic acids is 1. The molecule has 0 radical (unpaired) electrons. The van der Waals surface area contributed by atoms with Crippen molar-refractivity contribution in [1.29, 1.82) is 0 Å². The van der Waals surface area contributed by atoms with Crippen LogP contribution in [0.25, 0.3) is 17.1 Å². The smallest absolute Gasteiger partial charge is 0.230 e. The zero-order chi connectivity index (χ0) is 20.8. The Hall–Kier alpha value is -2.80. The van der Waals surface area contributed by atoms with Gasteiger partial charge >= 0.3 is 0 Å². The summed E-state index contributed by atoms with van der Waals surface area (Å²) in [5.74, 6) is 1.79. The van der Waals surface area contributed by atoms with Crippen molar-refractivity contribution in [2.45, 2.75) is 43.3 Å². The largest absolute Gasteiger partial charge is 0.495 e. The van der Waals surface area contributed by atoms with Crippen LogP contribution in [0.4, 0.5) is 0 Å². The van der Waals surface area contributed by atoms with Crippen LogP contribution in [0.1, 0.15) is 32.1 Å². The van der Waals surface area contributed by atoms with Gasteiger partial charge in [0.05, 0.1) is 18.6 Å². The lowest BCUT2D eigenvalue weighted by atomic mass is 9.95. The molecule has 1 N–H and O–H groups in total. The normalized spacial score (nSPS) is 14.4. The Bertz CT molecular complexity index is 984. The monoisotopic (exact) mass is 422 g/mol. The van der Waals surface area contributed by atoms with Crippen LogP contribution >= 0.6 is 11.8 Å². The molecule has 4 rings (SSSR count). The van der Waals surface area contributed by atoms with Crippen molar-refractivity contribution in [2.24, 2.45) is 0 Å². The molecule has 1 saturated carbocycles. The minimum absolute atomic E-state index is 0.0442. The molecule has 1 aliphatic rings. The Morgan fingerprint density at radius 2 is 1.80 bits per heavy atom. The van der Waals surface area contributed by atoms with Crippen molar-refractivity contribution in [3.8, 4) is 22.8 Å². The first kappa shape index (κ1) is 20.5. The predicted octanol–water partition coefficient (Wildman–Crippen LogP) is 4.48. The van der Waals surface area contributed by atoms with E-state index in [0.29, 0.717) is 17.0 Å². The third kappa shape index (κ3) is 4.67. The van der Waals surface area contributed by atoms with E-state index in [4.69, 9.17) is 4.74 Å². The Morgan fingerprint density at radius 3 is 2.57 bits per heavy atom. The molecule has 156 valence electrons. The zero-order valence-corrected chi connectivity index (χ0v) is 17.9. The van der Waals surface area contributed by atoms with Crippen LogP contribution in [-0.4, -0.2) is 39.6 Å². The first-order valence-electron chi connectivity index (χ1n) is 10.3. The summed E-state index contributed by atoms with van der Waals surface area (Å²) < 4.78 is 7.54. The number of methoxy groups -OCH3 is 1. The van der Waals surface area contributed by atoms with Gasteiger partial charge in [0.25, 0.3) is 0 Å². The van der Waals surface area contributed by atoms with Crippen LogP contribution in [-0.2, 0) is 4.79 Å². The van der Waals surface area contributed by atoms with Gasteiger partial charge in [0.1, 0.15) is 5.75 Å². The van der Waals surface area contributed by atoms with Crippen molar-refractivity contribution in [3.05, 3.63) is 54.6 Å². The summed E-state index contributed by atoms with van der Waals surface area (Å²) in [7, 11) is 1.65. The standard InChI is InChI=1S/C23H26N4O2S/c1-29-20-15-9-8-14-19(20)27-22(17-10-4-2-5-11-17)25-26-23(27)30-16-21(28)24-18-12-6-3-7-13-18/h2,4-5,8-11,14-15,18H,3,6-7,12-13,16H2,1H3,(H,24,28). The average Bonchev–Trinajstić information content (AvgIpc) is 3.22. The molecule has 0 spiro atoms. The van der Waals surface area contributed by atoms with E-state index >= 15 is 0 Å². The third-order valence-electron chi connectivity index (χ3n) is 5.29. The Balaban J connectivity index is 1.60. The molecule has 1 fully saturated rings. The van der Waals surface area contributed by atoms with Gasteiger partial charge < -0.3 is 10.1 Å². The Labute approximate surface area is 181 Å². The highest BCUT2D eigenvalue weighted by Crippen LogP contribution is 2.32. The molecule has 7 heteroatoms. The minimum atomic E-state index is 0.0442. The number of nitrogens with one attached hydrogen (secondary N) is 1. The van der Waals surface area contributed by atoms with Gasteiger partial charge in [0.2, 0.25) is 5.91 Å². The average molecular weight is 423 g/mol. The number of nitrogens with zero attached hydrogens (tertiary/aromatic N) is 3. The maximum Gasteiger partial charge on any atom is 0.230 e. The topological polar surface area (TPSA) is 69.0 Å². The number of aromatic nitrogens is 3. The summed E-state index contributed by atoms with van der Waals surface area (Å²) in [5, 5.41) is 12.7. The maximum atomic E-state index is 12.5. The van der Waals surface area contributed by atoms with E-state index in [0.717, 1.165) is 35.7 Å². The molecular weight excluding hydrogens is 396 g/mol. The molecule has 1 amide bonds. The lowest BCUT2D eigenvalue weighted by molar-refractivity contribution is -0.119. The highest BCUT2D eigenvalue weighted by Gasteiger charge is 2.21. The number of carbonyl (C=O) groups is 1. The van der Waals surface area contributed by atoms with E-state index in [1.165, 1.54) is 31.0 Å². The van der Waals surface area contributed by atoms with Gasteiger partial charge in [-0.15, -0.1) is 10.2 Å². The number of rotatable bonds is 7. The molecule has 0 atom stereocenters. The number of ether oxygens (including phenoxy) is 1. The fourth-order valence-corrected chi connectivity index (χ4v) is 4.57.